The van der Waals surface area contributed by atoms with Crippen molar-refractivity contribution in [3.8, 4) is 11.6 Å². The van der Waals surface area contributed by atoms with Crippen molar-refractivity contribution in [2.24, 2.45) is 0 Å². The number of aryl methyl sites for hydroxylation is 1. The lowest BCUT2D eigenvalue weighted by Gasteiger charge is -2.04. The Hall–Kier alpha value is -3.06. The average Bonchev–Trinajstić information content (AvgIpc) is 3.12. The highest BCUT2D eigenvalue weighted by Crippen LogP contribution is 2.28. The van der Waals surface area contributed by atoms with Gasteiger partial charge in [0.15, 0.2) is 16.6 Å². The summed E-state index contributed by atoms with van der Waals surface area (Å²) in [6, 6.07) is 11.2. The van der Waals surface area contributed by atoms with Gasteiger partial charge in [0.25, 0.3) is 0 Å². The third-order valence-electron chi connectivity index (χ3n) is 3.84. The highest BCUT2D eigenvalue weighted by Gasteiger charge is 2.19. The van der Waals surface area contributed by atoms with Gasteiger partial charge in [-0.15, -0.1) is 0 Å². The number of benzene rings is 1. The van der Waals surface area contributed by atoms with Gasteiger partial charge in [-0.1, -0.05) is 23.7 Å². The van der Waals surface area contributed by atoms with Gasteiger partial charge in [-0.25, -0.2) is 0 Å². The standard InChI is InChI=1S/C17H15ClN6O/c1-9-5-6-13(25-9)16-22-17(20)21-15-12(14(18)23-24(15)16)8-10-3-2-4-11(19)7-10/h2-7H,8,19H2,1H3,(H2,20,21). The molecule has 3 aromatic heterocycles. The quantitative estimate of drug-likeness (QED) is 0.547. The first-order valence-electron chi connectivity index (χ1n) is 7.63. The van der Waals surface area contributed by atoms with E-state index in [-0.39, 0.29) is 5.95 Å². The van der Waals surface area contributed by atoms with Gasteiger partial charge in [0.1, 0.15) is 5.76 Å². The number of hydrogen-bond acceptors (Lipinski definition) is 6. The van der Waals surface area contributed by atoms with Gasteiger partial charge >= 0.3 is 0 Å². The zero-order valence-corrected chi connectivity index (χ0v) is 14.2. The molecule has 25 heavy (non-hydrogen) atoms. The number of nitrogens with zero attached hydrogens (tertiary/aromatic N) is 4. The topological polar surface area (TPSA) is 108 Å². The Morgan fingerprint density at radius 2 is 2.00 bits per heavy atom. The summed E-state index contributed by atoms with van der Waals surface area (Å²) in [5.41, 5.74) is 14.7. The zero-order chi connectivity index (χ0) is 17.6. The number of furan rings is 1. The number of aromatic nitrogens is 4. The molecule has 0 aliphatic carbocycles. The van der Waals surface area contributed by atoms with Crippen molar-refractivity contribution in [1.29, 1.82) is 0 Å². The fourth-order valence-electron chi connectivity index (χ4n) is 2.74. The van der Waals surface area contributed by atoms with Crippen molar-refractivity contribution in [2.45, 2.75) is 13.3 Å². The van der Waals surface area contributed by atoms with Crippen LogP contribution in [0.5, 0.6) is 0 Å². The van der Waals surface area contributed by atoms with E-state index in [9.17, 15) is 0 Å². The molecule has 7 nitrogen and oxygen atoms in total. The second kappa shape index (κ2) is 5.78. The number of anilines is 2. The molecule has 0 unspecified atom stereocenters. The monoisotopic (exact) mass is 354 g/mol. The minimum atomic E-state index is 0.127. The van der Waals surface area contributed by atoms with Gasteiger partial charge in [-0.3, -0.25) is 0 Å². The van der Waals surface area contributed by atoms with E-state index < -0.39 is 0 Å². The van der Waals surface area contributed by atoms with Crippen LogP contribution in [0.3, 0.4) is 0 Å². The van der Waals surface area contributed by atoms with Gasteiger partial charge in [-0.05, 0) is 36.8 Å². The molecule has 0 bridgehead atoms. The Labute approximate surface area is 148 Å². The third-order valence-corrected chi connectivity index (χ3v) is 4.15. The maximum atomic E-state index is 6.37. The highest BCUT2D eigenvalue weighted by molar-refractivity contribution is 6.30. The molecule has 0 aliphatic heterocycles. The predicted molar refractivity (Wildman–Crippen MR) is 96.3 cm³/mol. The van der Waals surface area contributed by atoms with E-state index in [4.69, 9.17) is 27.5 Å². The SMILES string of the molecule is Cc1ccc(-c2nc(N)nc3c(Cc4cccc(N)c4)c(Cl)nn23)o1. The maximum Gasteiger partial charge on any atom is 0.224 e. The summed E-state index contributed by atoms with van der Waals surface area (Å²) in [6.07, 6.45) is 0.528. The summed E-state index contributed by atoms with van der Waals surface area (Å²) < 4.78 is 7.20. The number of nitrogen functional groups attached to an aromatic ring is 2. The van der Waals surface area contributed by atoms with Crippen molar-refractivity contribution in [2.75, 3.05) is 11.5 Å². The minimum Gasteiger partial charge on any atom is -0.458 e. The first-order valence-corrected chi connectivity index (χ1v) is 8.01. The molecule has 0 amide bonds. The third kappa shape index (κ3) is 2.78. The number of hydrogen-bond donors (Lipinski definition) is 2. The van der Waals surface area contributed by atoms with Gasteiger partial charge in [-0.2, -0.15) is 19.6 Å². The second-order valence-electron chi connectivity index (χ2n) is 5.74. The van der Waals surface area contributed by atoms with Gasteiger partial charge in [0.2, 0.25) is 11.8 Å². The number of halogens is 1. The van der Waals surface area contributed by atoms with Crippen LogP contribution >= 0.6 is 11.6 Å². The molecule has 4 aromatic rings. The van der Waals surface area contributed by atoms with Crippen LogP contribution in [0.25, 0.3) is 17.2 Å². The number of nitrogens with two attached hydrogens (primary N) is 2. The number of fused-ring (bicyclic) bond motifs is 1. The van der Waals surface area contributed by atoms with E-state index in [1.165, 1.54) is 0 Å². The van der Waals surface area contributed by atoms with Crippen molar-refractivity contribution < 1.29 is 4.42 Å². The van der Waals surface area contributed by atoms with Crippen molar-refractivity contribution in [3.63, 3.8) is 0 Å². The molecule has 0 spiro atoms. The largest absolute Gasteiger partial charge is 0.458 e. The molecular formula is C17H15ClN6O. The first kappa shape index (κ1) is 15.5. The van der Waals surface area contributed by atoms with Gasteiger partial charge in [0, 0.05) is 17.7 Å². The van der Waals surface area contributed by atoms with Crippen LogP contribution < -0.4 is 11.5 Å². The summed E-state index contributed by atoms with van der Waals surface area (Å²) in [5, 5.41) is 4.71. The molecule has 0 saturated carbocycles. The Kier molecular flexibility index (Phi) is 3.58. The fraction of sp³-hybridized carbons (Fsp3) is 0.118. The Morgan fingerprint density at radius 1 is 1.16 bits per heavy atom. The van der Waals surface area contributed by atoms with Gasteiger partial charge in [0.05, 0.1) is 0 Å². The van der Waals surface area contributed by atoms with Crippen LogP contribution in [0.15, 0.2) is 40.8 Å². The van der Waals surface area contributed by atoms with E-state index in [0.29, 0.717) is 34.5 Å². The molecule has 0 atom stereocenters. The minimum absolute atomic E-state index is 0.127. The van der Waals surface area contributed by atoms with Crippen molar-refractivity contribution >= 4 is 28.9 Å². The summed E-state index contributed by atoms with van der Waals surface area (Å²) in [7, 11) is 0. The van der Waals surface area contributed by atoms with Gasteiger partial charge < -0.3 is 15.9 Å². The lowest BCUT2D eigenvalue weighted by Crippen LogP contribution is -2.05. The van der Waals surface area contributed by atoms with E-state index in [1.807, 2.05) is 43.3 Å². The molecule has 3 heterocycles. The molecule has 0 fully saturated rings. The van der Waals surface area contributed by atoms with E-state index in [0.717, 1.165) is 16.9 Å². The van der Waals surface area contributed by atoms with Crippen molar-refractivity contribution in [1.82, 2.24) is 19.6 Å². The van der Waals surface area contributed by atoms with E-state index in [1.54, 1.807) is 4.52 Å². The van der Waals surface area contributed by atoms with Crippen LogP contribution in [0.1, 0.15) is 16.9 Å². The summed E-state index contributed by atoms with van der Waals surface area (Å²) in [4.78, 5) is 8.57. The maximum absolute atomic E-state index is 6.37. The highest BCUT2D eigenvalue weighted by atomic mass is 35.5. The zero-order valence-electron chi connectivity index (χ0n) is 13.4. The molecule has 1 aromatic carbocycles. The molecule has 8 heteroatoms. The van der Waals surface area contributed by atoms with E-state index >= 15 is 0 Å². The molecule has 4 N–H and O–H groups in total. The molecule has 126 valence electrons. The average molecular weight is 355 g/mol. The normalized spacial score (nSPS) is 11.3. The molecule has 0 aliphatic rings. The molecular weight excluding hydrogens is 340 g/mol. The van der Waals surface area contributed by atoms with Crippen molar-refractivity contribution in [3.05, 3.63) is 58.4 Å². The first-order chi connectivity index (χ1) is 12.0. The van der Waals surface area contributed by atoms with Crippen LogP contribution in [-0.2, 0) is 6.42 Å². The number of rotatable bonds is 3. The van der Waals surface area contributed by atoms with Crippen LogP contribution in [-0.4, -0.2) is 19.6 Å². The summed E-state index contributed by atoms with van der Waals surface area (Å²) >= 11 is 6.37. The Bertz CT molecular complexity index is 1080. The Morgan fingerprint density at radius 3 is 2.72 bits per heavy atom. The van der Waals surface area contributed by atoms with Crippen LogP contribution in [0, 0.1) is 6.92 Å². The predicted octanol–water partition coefficient (Wildman–Crippen LogP) is 3.10. The lowest BCUT2D eigenvalue weighted by molar-refractivity contribution is 0.541. The summed E-state index contributed by atoms with van der Waals surface area (Å²) in [5.74, 6) is 1.89. The van der Waals surface area contributed by atoms with Crippen LogP contribution in [0.4, 0.5) is 11.6 Å². The van der Waals surface area contributed by atoms with Crippen LogP contribution in [0.2, 0.25) is 5.15 Å². The molecule has 0 saturated heterocycles. The second-order valence-corrected chi connectivity index (χ2v) is 6.10. The molecule has 4 rings (SSSR count). The smallest absolute Gasteiger partial charge is 0.224 e. The Balaban J connectivity index is 1.89. The summed E-state index contributed by atoms with van der Waals surface area (Å²) in [6.45, 7) is 1.85. The van der Waals surface area contributed by atoms with E-state index in [2.05, 4.69) is 15.1 Å². The lowest BCUT2D eigenvalue weighted by atomic mass is 10.1. The molecule has 0 radical (unpaired) electrons. The fourth-order valence-corrected chi connectivity index (χ4v) is 2.97.